The Bertz CT molecular complexity index is 808. The molecule has 0 atom stereocenters. The molecule has 1 amide bonds. The third kappa shape index (κ3) is 4.54. The minimum atomic E-state index is -0.165. The number of nitrogens with one attached hydrogen (secondary N) is 1. The van der Waals surface area contributed by atoms with Gasteiger partial charge in [0, 0.05) is 26.2 Å². The molecule has 8 heteroatoms. The summed E-state index contributed by atoms with van der Waals surface area (Å²) in [5.74, 6) is 0.106. The fraction of sp³-hybridized carbons (Fsp3) is 0.278. The van der Waals surface area contributed by atoms with Crippen LogP contribution < -0.4 is 10.2 Å². The highest BCUT2D eigenvalue weighted by molar-refractivity contribution is 6.44. The quantitative estimate of drug-likeness (QED) is 0.739. The third-order valence-electron chi connectivity index (χ3n) is 4.25. The zero-order valence-corrected chi connectivity index (χ0v) is 16.2. The maximum atomic E-state index is 12.3. The van der Waals surface area contributed by atoms with Crippen LogP contribution in [-0.4, -0.2) is 48.6 Å². The fourth-order valence-corrected chi connectivity index (χ4v) is 3.48. The molecule has 0 aliphatic carbocycles. The maximum Gasteiger partial charge on any atom is 0.238 e. The normalized spacial score (nSPS) is 15.1. The van der Waals surface area contributed by atoms with Crippen LogP contribution in [0.4, 0.5) is 11.4 Å². The van der Waals surface area contributed by atoms with Crippen LogP contribution in [0.25, 0.3) is 0 Å². The van der Waals surface area contributed by atoms with Gasteiger partial charge >= 0.3 is 0 Å². The Morgan fingerprint density at radius 3 is 2.35 bits per heavy atom. The summed E-state index contributed by atoms with van der Waals surface area (Å²) in [6.45, 7) is 3.16. The third-order valence-corrected chi connectivity index (χ3v) is 5.28. The maximum absolute atomic E-state index is 12.3. The van der Waals surface area contributed by atoms with Crippen molar-refractivity contribution in [3.8, 4) is 5.75 Å². The van der Waals surface area contributed by atoms with Gasteiger partial charge in [0.05, 0.1) is 33.0 Å². The topological polar surface area (TPSA) is 55.8 Å². The number of aromatic hydroxyl groups is 1. The summed E-state index contributed by atoms with van der Waals surface area (Å²) in [5.41, 5.74) is 1.26. The van der Waals surface area contributed by atoms with E-state index in [1.165, 1.54) is 6.07 Å². The molecule has 2 N–H and O–H groups in total. The first-order valence-electron chi connectivity index (χ1n) is 8.14. The van der Waals surface area contributed by atoms with Crippen LogP contribution >= 0.6 is 34.8 Å². The van der Waals surface area contributed by atoms with Crippen LogP contribution in [-0.2, 0) is 4.79 Å². The minimum absolute atomic E-state index is 0.165. The zero-order chi connectivity index (χ0) is 18.7. The average Bonchev–Trinajstić information content (AvgIpc) is 2.61. The van der Waals surface area contributed by atoms with Gasteiger partial charge < -0.3 is 15.3 Å². The lowest BCUT2D eigenvalue weighted by atomic mass is 10.2. The van der Waals surface area contributed by atoms with E-state index in [4.69, 9.17) is 34.8 Å². The molecule has 2 aromatic carbocycles. The molecule has 0 bridgehead atoms. The van der Waals surface area contributed by atoms with Crippen molar-refractivity contribution in [2.24, 2.45) is 0 Å². The molecule has 5 nitrogen and oxygen atoms in total. The molecule has 0 radical (unpaired) electrons. The molecule has 138 valence electrons. The van der Waals surface area contributed by atoms with Gasteiger partial charge in [-0.3, -0.25) is 9.69 Å². The number of carbonyl (C=O) groups excluding carboxylic acids is 1. The number of carbonyl (C=O) groups is 1. The number of hydrogen-bond acceptors (Lipinski definition) is 4. The molecule has 3 rings (SSSR count). The highest BCUT2D eigenvalue weighted by atomic mass is 35.5. The van der Waals surface area contributed by atoms with Gasteiger partial charge in [0.25, 0.3) is 0 Å². The van der Waals surface area contributed by atoms with Crippen LogP contribution in [0.15, 0.2) is 36.4 Å². The van der Waals surface area contributed by atoms with E-state index in [2.05, 4.69) is 15.1 Å². The van der Waals surface area contributed by atoms with Crippen molar-refractivity contribution in [3.05, 3.63) is 51.5 Å². The van der Waals surface area contributed by atoms with Gasteiger partial charge in [0.1, 0.15) is 5.75 Å². The van der Waals surface area contributed by atoms with E-state index in [1.807, 2.05) is 12.1 Å². The molecule has 0 spiro atoms. The summed E-state index contributed by atoms with van der Waals surface area (Å²) >= 11 is 18.0. The molecule has 0 unspecified atom stereocenters. The summed E-state index contributed by atoms with van der Waals surface area (Å²) < 4.78 is 0. The smallest absolute Gasteiger partial charge is 0.238 e. The number of halogens is 3. The lowest BCUT2D eigenvalue weighted by Gasteiger charge is -2.35. The number of piperazine rings is 1. The molecule has 1 fully saturated rings. The molecule has 0 saturated carbocycles. The summed E-state index contributed by atoms with van der Waals surface area (Å²) in [5, 5.41) is 13.7. The van der Waals surface area contributed by atoms with Gasteiger partial charge in [-0.15, -0.1) is 0 Å². The second-order valence-electron chi connectivity index (χ2n) is 6.05. The number of hydrogen-bond donors (Lipinski definition) is 2. The van der Waals surface area contributed by atoms with Crippen molar-refractivity contribution >= 4 is 52.1 Å². The molecular formula is C18H18Cl3N3O2. The van der Waals surface area contributed by atoms with Gasteiger partial charge in [-0.2, -0.15) is 0 Å². The van der Waals surface area contributed by atoms with Gasteiger partial charge in [-0.1, -0.05) is 46.9 Å². The first-order chi connectivity index (χ1) is 12.4. The predicted octanol–water partition coefficient (Wildman–Crippen LogP) is 4.11. The van der Waals surface area contributed by atoms with E-state index >= 15 is 0 Å². The Morgan fingerprint density at radius 2 is 1.65 bits per heavy atom. The molecular weight excluding hydrogens is 397 g/mol. The summed E-state index contributed by atoms with van der Waals surface area (Å²) in [7, 11) is 0. The molecule has 0 aromatic heterocycles. The Kier molecular flexibility index (Phi) is 6.14. The van der Waals surface area contributed by atoms with E-state index in [9.17, 15) is 9.90 Å². The first kappa shape index (κ1) is 19.1. The molecule has 2 aromatic rings. The van der Waals surface area contributed by atoms with Gasteiger partial charge in [-0.25, -0.2) is 0 Å². The minimum Gasteiger partial charge on any atom is -0.506 e. The highest BCUT2D eigenvalue weighted by Gasteiger charge is 2.21. The number of para-hydroxylation sites is 2. The van der Waals surface area contributed by atoms with E-state index in [-0.39, 0.29) is 18.2 Å². The predicted molar refractivity (Wildman–Crippen MR) is 107 cm³/mol. The van der Waals surface area contributed by atoms with E-state index < -0.39 is 0 Å². The fourth-order valence-electron chi connectivity index (χ4n) is 2.89. The molecule has 1 aliphatic heterocycles. The van der Waals surface area contributed by atoms with Crippen LogP contribution in [0.3, 0.4) is 0 Å². The largest absolute Gasteiger partial charge is 0.506 e. The number of rotatable bonds is 4. The van der Waals surface area contributed by atoms with Gasteiger partial charge in [0.15, 0.2) is 0 Å². The second-order valence-corrected chi connectivity index (χ2v) is 7.27. The van der Waals surface area contributed by atoms with Crippen LogP contribution in [0.5, 0.6) is 5.75 Å². The van der Waals surface area contributed by atoms with Crippen LogP contribution in [0.2, 0.25) is 15.1 Å². The summed E-state index contributed by atoms with van der Waals surface area (Å²) in [6, 6.07) is 10.3. The van der Waals surface area contributed by atoms with Crippen molar-refractivity contribution in [1.29, 1.82) is 0 Å². The monoisotopic (exact) mass is 413 g/mol. The van der Waals surface area contributed by atoms with Gasteiger partial charge in [0.2, 0.25) is 5.91 Å². The van der Waals surface area contributed by atoms with Crippen molar-refractivity contribution in [1.82, 2.24) is 4.90 Å². The number of phenols is 1. The van der Waals surface area contributed by atoms with E-state index in [0.717, 1.165) is 31.9 Å². The summed E-state index contributed by atoms with van der Waals surface area (Å²) in [4.78, 5) is 16.5. The Hall–Kier alpha value is -1.66. The molecule has 1 heterocycles. The Balaban J connectivity index is 1.54. The van der Waals surface area contributed by atoms with E-state index in [0.29, 0.717) is 20.8 Å². The number of phenolic OH excluding ortho intramolecular Hbond substituents is 1. The van der Waals surface area contributed by atoms with Crippen LogP contribution in [0, 0.1) is 0 Å². The zero-order valence-electron chi connectivity index (χ0n) is 13.9. The molecule has 1 saturated heterocycles. The number of amides is 1. The SMILES string of the molecule is O=C(CN1CCN(c2ccccc2O)CC1)Nc1cc(Cl)c(Cl)cc1Cl. The molecule has 1 aliphatic rings. The highest BCUT2D eigenvalue weighted by Crippen LogP contribution is 2.32. The van der Waals surface area contributed by atoms with Crippen molar-refractivity contribution < 1.29 is 9.90 Å². The standard InChI is InChI=1S/C18H18Cl3N3O2/c19-12-9-14(21)15(10-13(12)20)22-18(26)11-23-5-7-24(8-6-23)16-3-1-2-4-17(16)25/h1-4,9-10,25H,5-8,11H2,(H,22,26). The van der Waals surface area contributed by atoms with E-state index in [1.54, 1.807) is 18.2 Å². The average molecular weight is 415 g/mol. The lowest BCUT2D eigenvalue weighted by molar-refractivity contribution is -0.117. The van der Waals surface area contributed by atoms with Crippen molar-refractivity contribution in [3.63, 3.8) is 0 Å². The summed E-state index contributed by atoms with van der Waals surface area (Å²) in [6.07, 6.45) is 0. The Labute approximate surface area is 167 Å². The second kappa shape index (κ2) is 8.35. The van der Waals surface area contributed by atoms with Crippen molar-refractivity contribution in [2.75, 3.05) is 42.9 Å². The van der Waals surface area contributed by atoms with Crippen molar-refractivity contribution in [2.45, 2.75) is 0 Å². The lowest BCUT2D eigenvalue weighted by Crippen LogP contribution is -2.48. The van der Waals surface area contributed by atoms with Crippen LogP contribution in [0.1, 0.15) is 0 Å². The first-order valence-corrected chi connectivity index (χ1v) is 9.27. The number of anilines is 2. The van der Waals surface area contributed by atoms with Gasteiger partial charge in [-0.05, 0) is 24.3 Å². The number of nitrogens with zero attached hydrogens (tertiary/aromatic N) is 2. The molecule has 26 heavy (non-hydrogen) atoms. The number of benzene rings is 2. The Morgan fingerprint density at radius 1 is 1.00 bits per heavy atom.